The molecule has 5 nitrogen and oxygen atoms in total. The molecule has 1 amide bonds. The van der Waals surface area contributed by atoms with Crippen LogP contribution in [0.3, 0.4) is 0 Å². The van der Waals surface area contributed by atoms with E-state index in [1.54, 1.807) is 31.4 Å². The van der Waals surface area contributed by atoms with Gasteiger partial charge in [-0.3, -0.25) is 14.9 Å². The van der Waals surface area contributed by atoms with E-state index in [2.05, 4.69) is 26.6 Å². The molecule has 0 radical (unpaired) electrons. The summed E-state index contributed by atoms with van der Waals surface area (Å²) in [6, 6.07) is 30.0. The van der Waals surface area contributed by atoms with Gasteiger partial charge in [0.25, 0.3) is 0 Å². The quantitative estimate of drug-likeness (QED) is 0.250. The Hall–Kier alpha value is -3.45. The van der Waals surface area contributed by atoms with Crippen LogP contribution in [0.4, 0.5) is 5.69 Å². The van der Waals surface area contributed by atoms with Crippen molar-refractivity contribution in [3.63, 3.8) is 0 Å². The first-order chi connectivity index (χ1) is 18.4. The summed E-state index contributed by atoms with van der Waals surface area (Å²) in [7, 11) is 1.62. The Morgan fingerprint density at radius 3 is 2.32 bits per heavy atom. The van der Waals surface area contributed by atoms with E-state index in [0.29, 0.717) is 16.3 Å². The van der Waals surface area contributed by atoms with E-state index in [4.69, 9.17) is 16.3 Å². The molecule has 2 aliphatic heterocycles. The van der Waals surface area contributed by atoms with Crippen molar-refractivity contribution in [3.05, 3.63) is 129 Å². The summed E-state index contributed by atoms with van der Waals surface area (Å²) < 4.78 is 6.23. The van der Waals surface area contributed by atoms with Crippen LogP contribution in [0.15, 0.2) is 102 Å². The van der Waals surface area contributed by atoms with Gasteiger partial charge in [0.05, 0.1) is 13.0 Å². The van der Waals surface area contributed by atoms with Crippen molar-refractivity contribution in [3.8, 4) is 5.75 Å². The van der Waals surface area contributed by atoms with Crippen LogP contribution >= 0.6 is 27.5 Å². The molecule has 4 aromatic rings. The van der Waals surface area contributed by atoms with Gasteiger partial charge in [-0.2, -0.15) is 0 Å². The summed E-state index contributed by atoms with van der Waals surface area (Å²) in [6.07, 6.45) is 0. The predicted octanol–water partition coefficient (Wildman–Crippen LogP) is 6.89. The Morgan fingerprint density at radius 2 is 1.63 bits per heavy atom. The fourth-order valence-electron chi connectivity index (χ4n) is 5.95. The second-order valence-electron chi connectivity index (χ2n) is 9.63. The van der Waals surface area contributed by atoms with Crippen LogP contribution in [0, 0.1) is 5.92 Å². The molecule has 0 saturated carbocycles. The lowest BCUT2D eigenvalue weighted by atomic mass is 9.69. The number of methoxy groups -OCH3 is 1. The minimum atomic E-state index is -1.29. The largest absolute Gasteiger partial charge is 0.497 e. The zero-order chi connectivity index (χ0) is 26.4. The van der Waals surface area contributed by atoms with E-state index in [9.17, 15) is 9.59 Å². The Balaban J connectivity index is 1.62. The predicted molar refractivity (Wildman–Crippen MR) is 152 cm³/mol. The highest BCUT2D eigenvalue weighted by Crippen LogP contribution is 2.57. The fraction of sp³-hybridized carbons (Fsp3) is 0.161. The van der Waals surface area contributed by atoms with Gasteiger partial charge < -0.3 is 10.1 Å². The van der Waals surface area contributed by atoms with Gasteiger partial charge in [0.15, 0.2) is 5.78 Å². The number of fused-ring (bicyclic) bond motifs is 2. The topological polar surface area (TPSA) is 67.4 Å². The highest BCUT2D eigenvalue weighted by Gasteiger charge is 2.64. The Labute approximate surface area is 234 Å². The van der Waals surface area contributed by atoms with E-state index in [1.165, 1.54) is 0 Å². The number of ketones is 1. The summed E-state index contributed by atoms with van der Waals surface area (Å²) in [5.41, 5.74) is 2.59. The monoisotopic (exact) mass is 586 g/mol. The van der Waals surface area contributed by atoms with Gasteiger partial charge in [0, 0.05) is 38.3 Å². The Morgan fingerprint density at radius 1 is 0.921 bits per heavy atom. The maximum Gasteiger partial charge on any atom is 0.250 e. The SMILES string of the molecule is COc1ccc([C@H]2C(C(=O)c3ccc(Cl)cc3)C3(N[C@@H]2c2ccccc2)C(=O)Nc2ccc(Br)cc23)cc1. The number of carbonyl (C=O) groups is 2. The zero-order valence-corrected chi connectivity index (χ0v) is 22.8. The molecule has 6 rings (SSSR count). The third-order valence-corrected chi connectivity index (χ3v) is 8.40. The maximum absolute atomic E-state index is 14.5. The molecule has 7 heteroatoms. The van der Waals surface area contributed by atoms with Gasteiger partial charge in [-0.15, -0.1) is 0 Å². The number of halogens is 2. The minimum Gasteiger partial charge on any atom is -0.497 e. The number of benzene rings is 4. The molecule has 190 valence electrons. The van der Waals surface area contributed by atoms with Crippen LogP contribution in [-0.2, 0) is 10.3 Å². The van der Waals surface area contributed by atoms with Gasteiger partial charge in [-0.1, -0.05) is 70.0 Å². The molecule has 1 spiro atoms. The third kappa shape index (κ3) is 3.95. The van der Waals surface area contributed by atoms with Gasteiger partial charge in [0.2, 0.25) is 5.91 Å². The van der Waals surface area contributed by atoms with Crippen molar-refractivity contribution in [1.82, 2.24) is 5.32 Å². The van der Waals surface area contributed by atoms with Gasteiger partial charge in [-0.05, 0) is 65.7 Å². The summed E-state index contributed by atoms with van der Waals surface area (Å²) >= 11 is 9.74. The van der Waals surface area contributed by atoms with E-state index in [1.807, 2.05) is 72.8 Å². The first-order valence-electron chi connectivity index (χ1n) is 12.3. The van der Waals surface area contributed by atoms with Crippen molar-refractivity contribution >= 4 is 44.9 Å². The number of amides is 1. The first-order valence-corrected chi connectivity index (χ1v) is 13.5. The Bertz CT molecular complexity index is 1530. The molecule has 38 heavy (non-hydrogen) atoms. The zero-order valence-electron chi connectivity index (χ0n) is 20.5. The lowest BCUT2D eigenvalue weighted by molar-refractivity contribution is -0.122. The molecule has 2 N–H and O–H groups in total. The van der Waals surface area contributed by atoms with Crippen LogP contribution in [0.2, 0.25) is 5.02 Å². The van der Waals surface area contributed by atoms with Gasteiger partial charge in [-0.25, -0.2) is 0 Å². The van der Waals surface area contributed by atoms with Crippen molar-refractivity contribution in [2.45, 2.75) is 17.5 Å². The molecular formula is C31H24BrClN2O3. The van der Waals surface area contributed by atoms with E-state index in [0.717, 1.165) is 26.9 Å². The van der Waals surface area contributed by atoms with E-state index in [-0.39, 0.29) is 23.7 Å². The van der Waals surface area contributed by atoms with Crippen LogP contribution in [0.5, 0.6) is 5.75 Å². The van der Waals surface area contributed by atoms with E-state index < -0.39 is 11.5 Å². The van der Waals surface area contributed by atoms with Crippen molar-refractivity contribution in [2.24, 2.45) is 5.92 Å². The van der Waals surface area contributed by atoms with Crippen molar-refractivity contribution < 1.29 is 14.3 Å². The molecular weight excluding hydrogens is 564 g/mol. The van der Waals surface area contributed by atoms with Gasteiger partial charge >= 0.3 is 0 Å². The molecule has 2 unspecified atom stereocenters. The number of anilines is 1. The summed E-state index contributed by atoms with van der Waals surface area (Å²) in [5, 5.41) is 7.29. The van der Waals surface area contributed by atoms with Crippen LogP contribution < -0.4 is 15.4 Å². The number of Topliss-reactive ketones (excluding diaryl/α,β-unsaturated/α-hetero) is 1. The molecule has 0 aromatic heterocycles. The number of ether oxygens (including phenoxy) is 1. The van der Waals surface area contributed by atoms with Gasteiger partial charge in [0.1, 0.15) is 11.3 Å². The Kier molecular flexibility index (Phi) is 6.34. The van der Waals surface area contributed by atoms with Crippen LogP contribution in [0.1, 0.15) is 39.0 Å². The number of hydrogen-bond acceptors (Lipinski definition) is 4. The maximum atomic E-state index is 14.5. The summed E-state index contributed by atoms with van der Waals surface area (Å²) in [5.74, 6) is -0.759. The number of carbonyl (C=O) groups excluding carboxylic acids is 2. The highest BCUT2D eigenvalue weighted by atomic mass is 79.9. The minimum absolute atomic E-state index is 0.128. The molecule has 0 bridgehead atoms. The highest BCUT2D eigenvalue weighted by molar-refractivity contribution is 9.10. The molecule has 4 atom stereocenters. The fourth-order valence-corrected chi connectivity index (χ4v) is 6.44. The number of nitrogens with one attached hydrogen (secondary N) is 2. The first kappa shape index (κ1) is 24.9. The second-order valence-corrected chi connectivity index (χ2v) is 11.0. The van der Waals surface area contributed by atoms with Crippen LogP contribution in [-0.4, -0.2) is 18.8 Å². The summed E-state index contributed by atoms with van der Waals surface area (Å²) in [6.45, 7) is 0. The molecule has 1 saturated heterocycles. The molecule has 2 heterocycles. The normalized spacial score (nSPS) is 23.8. The second kappa shape index (κ2) is 9.70. The summed E-state index contributed by atoms with van der Waals surface area (Å²) in [4.78, 5) is 28.6. The smallest absolute Gasteiger partial charge is 0.250 e. The lowest BCUT2D eigenvalue weighted by Gasteiger charge is -2.31. The van der Waals surface area contributed by atoms with E-state index >= 15 is 0 Å². The molecule has 4 aromatic carbocycles. The van der Waals surface area contributed by atoms with Crippen molar-refractivity contribution in [1.29, 1.82) is 0 Å². The number of rotatable bonds is 5. The number of hydrogen-bond donors (Lipinski definition) is 2. The molecule has 2 aliphatic rings. The van der Waals surface area contributed by atoms with Crippen molar-refractivity contribution in [2.75, 3.05) is 12.4 Å². The average molecular weight is 588 g/mol. The lowest BCUT2D eigenvalue weighted by Crippen LogP contribution is -2.50. The molecule has 1 fully saturated rings. The standard InChI is InChI=1S/C31H24BrClN2O3/c1-38-23-14-9-18(10-15-23)26-27(29(36)20-7-12-22(33)13-8-20)31(35-28(26)19-5-3-2-4-6-19)24-17-21(32)11-16-25(24)34-30(31)37/h2-17,26-28,35H,1H3,(H,34,37)/t26-,27?,28+,31?/m0/s1. The third-order valence-electron chi connectivity index (χ3n) is 7.65. The molecule has 0 aliphatic carbocycles. The van der Waals surface area contributed by atoms with Crippen LogP contribution in [0.25, 0.3) is 0 Å². The average Bonchev–Trinajstić information content (AvgIpc) is 3.44.